The lowest BCUT2D eigenvalue weighted by Crippen LogP contribution is -2.35. The van der Waals surface area contributed by atoms with Gasteiger partial charge in [-0.1, -0.05) is 51.1 Å². The summed E-state index contributed by atoms with van der Waals surface area (Å²) in [7, 11) is 0. The first-order chi connectivity index (χ1) is 18.3. The molecule has 38 heavy (non-hydrogen) atoms. The maximum atomic E-state index is 13.5. The van der Waals surface area contributed by atoms with E-state index in [1.165, 1.54) is 22.5 Å². The molecule has 3 heterocycles. The summed E-state index contributed by atoms with van der Waals surface area (Å²) in [6.45, 7) is 11.5. The second-order valence-corrected chi connectivity index (χ2v) is 13.1. The molecular formula is C32H37N3O2S. The van der Waals surface area contributed by atoms with Gasteiger partial charge in [0.05, 0.1) is 4.88 Å². The first-order valence-corrected chi connectivity index (χ1v) is 14.7. The zero-order valence-electron chi connectivity index (χ0n) is 22.6. The number of rotatable bonds is 7. The molecule has 3 aromatic rings. The summed E-state index contributed by atoms with van der Waals surface area (Å²) >= 11 is 1.50. The quantitative estimate of drug-likeness (QED) is 0.368. The number of likely N-dealkylation sites (tertiary alicyclic amines) is 1. The summed E-state index contributed by atoms with van der Waals surface area (Å²) in [5, 5.41) is 1.96. The minimum atomic E-state index is 0.0748. The number of anilines is 2. The molecule has 6 heteroatoms. The maximum absolute atomic E-state index is 13.5. The van der Waals surface area contributed by atoms with Crippen LogP contribution in [0.2, 0.25) is 0 Å². The zero-order valence-corrected chi connectivity index (χ0v) is 23.4. The van der Waals surface area contributed by atoms with Crippen LogP contribution in [0.25, 0.3) is 0 Å². The Morgan fingerprint density at radius 1 is 1.00 bits per heavy atom. The van der Waals surface area contributed by atoms with Gasteiger partial charge in [0.2, 0.25) is 5.91 Å². The minimum absolute atomic E-state index is 0.0748. The number of thiophene rings is 1. The molecule has 2 aliphatic heterocycles. The van der Waals surface area contributed by atoms with Gasteiger partial charge in [-0.3, -0.25) is 14.5 Å². The fourth-order valence-corrected chi connectivity index (χ4v) is 6.96. The van der Waals surface area contributed by atoms with E-state index in [2.05, 4.69) is 49.9 Å². The van der Waals surface area contributed by atoms with Crippen LogP contribution >= 0.6 is 11.3 Å². The number of benzene rings is 2. The summed E-state index contributed by atoms with van der Waals surface area (Å²) in [5.74, 6) is 2.11. The van der Waals surface area contributed by atoms with Gasteiger partial charge < -0.3 is 9.80 Å². The Labute approximate surface area is 230 Å². The van der Waals surface area contributed by atoms with Crippen LogP contribution in [0.4, 0.5) is 11.4 Å². The average molecular weight is 528 g/mol. The zero-order chi connectivity index (χ0) is 26.4. The van der Waals surface area contributed by atoms with E-state index in [1.807, 2.05) is 51.6 Å². The first-order valence-electron chi connectivity index (χ1n) is 13.9. The third-order valence-corrected chi connectivity index (χ3v) is 9.45. The normalized spacial score (nSPS) is 23.1. The molecule has 0 bridgehead atoms. The smallest absolute Gasteiger partial charge is 0.268 e. The SMILES string of the molecule is CC(C)(C)c1ccc(CN2CC3C(C2)C3CN(C(=O)c2cccs2)c2ccc(N3CCCC3=O)cc2)cc1. The number of hydrogen-bond acceptors (Lipinski definition) is 4. The van der Waals surface area contributed by atoms with Crippen molar-refractivity contribution in [1.82, 2.24) is 4.90 Å². The largest absolute Gasteiger partial charge is 0.312 e. The van der Waals surface area contributed by atoms with Crippen LogP contribution in [0.15, 0.2) is 66.0 Å². The first kappa shape index (κ1) is 25.3. The molecule has 2 unspecified atom stereocenters. The number of amides is 2. The Kier molecular flexibility index (Phi) is 6.65. The molecule has 2 saturated heterocycles. The predicted molar refractivity (Wildman–Crippen MR) is 155 cm³/mol. The maximum Gasteiger partial charge on any atom is 0.268 e. The van der Waals surface area contributed by atoms with E-state index in [9.17, 15) is 9.59 Å². The number of fused-ring (bicyclic) bond motifs is 1. The van der Waals surface area contributed by atoms with Crippen molar-refractivity contribution in [3.8, 4) is 0 Å². The summed E-state index contributed by atoms with van der Waals surface area (Å²) in [6.07, 6.45) is 1.53. The molecule has 0 radical (unpaired) electrons. The van der Waals surface area contributed by atoms with Crippen molar-refractivity contribution >= 4 is 34.5 Å². The highest BCUT2D eigenvalue weighted by atomic mass is 32.1. The van der Waals surface area contributed by atoms with Crippen LogP contribution in [0, 0.1) is 17.8 Å². The Morgan fingerprint density at radius 3 is 2.29 bits per heavy atom. The number of piperidine rings is 1. The Bertz CT molecular complexity index is 1280. The van der Waals surface area contributed by atoms with Crippen molar-refractivity contribution < 1.29 is 9.59 Å². The molecule has 2 atom stereocenters. The molecule has 198 valence electrons. The molecule has 1 aromatic heterocycles. The molecule has 2 amide bonds. The Balaban J connectivity index is 1.11. The lowest BCUT2D eigenvalue weighted by atomic mass is 9.87. The van der Waals surface area contributed by atoms with Gasteiger partial charge in [0, 0.05) is 50.5 Å². The van der Waals surface area contributed by atoms with Gasteiger partial charge in [0.15, 0.2) is 0 Å². The van der Waals surface area contributed by atoms with Gasteiger partial charge in [-0.05, 0) is 76.4 Å². The summed E-state index contributed by atoms with van der Waals surface area (Å²) in [5.41, 5.74) is 4.77. The van der Waals surface area contributed by atoms with Crippen molar-refractivity contribution in [2.24, 2.45) is 17.8 Å². The number of carbonyl (C=O) groups is 2. The van der Waals surface area contributed by atoms with E-state index in [0.717, 1.165) is 55.4 Å². The molecule has 2 aromatic carbocycles. The van der Waals surface area contributed by atoms with Crippen LogP contribution in [0.1, 0.15) is 54.4 Å². The van der Waals surface area contributed by atoms with Crippen molar-refractivity contribution in [3.63, 3.8) is 0 Å². The van der Waals surface area contributed by atoms with E-state index in [-0.39, 0.29) is 17.2 Å². The molecule has 3 fully saturated rings. The lowest BCUT2D eigenvalue weighted by molar-refractivity contribution is -0.117. The molecule has 5 nitrogen and oxygen atoms in total. The standard InChI is InChI=1S/C32H37N3O2S/c1-32(2,3)23-10-8-22(9-11-23)18-33-19-26-27(20-33)28(26)21-35(31(37)29-6-5-17-38-29)25-14-12-24(13-15-25)34-16-4-7-30(34)36/h5-6,8-15,17,26-28H,4,7,16,18-21H2,1-3H3. The topological polar surface area (TPSA) is 43.9 Å². The third kappa shape index (κ3) is 5.04. The van der Waals surface area contributed by atoms with Crippen LogP contribution in [-0.2, 0) is 16.8 Å². The molecular weight excluding hydrogens is 490 g/mol. The summed E-state index contributed by atoms with van der Waals surface area (Å²) in [4.78, 5) is 32.9. The van der Waals surface area contributed by atoms with E-state index in [4.69, 9.17) is 0 Å². The van der Waals surface area contributed by atoms with Crippen LogP contribution in [-0.4, -0.2) is 42.9 Å². The minimum Gasteiger partial charge on any atom is -0.312 e. The highest BCUT2D eigenvalue weighted by Crippen LogP contribution is 2.52. The van der Waals surface area contributed by atoms with E-state index >= 15 is 0 Å². The fraction of sp³-hybridized carbons (Fsp3) is 0.438. The third-order valence-electron chi connectivity index (χ3n) is 8.59. The van der Waals surface area contributed by atoms with Crippen molar-refractivity contribution in [1.29, 1.82) is 0 Å². The van der Waals surface area contributed by atoms with Crippen molar-refractivity contribution in [2.75, 3.05) is 36.0 Å². The number of nitrogens with zero attached hydrogens (tertiary/aromatic N) is 3. The van der Waals surface area contributed by atoms with Crippen LogP contribution < -0.4 is 9.80 Å². The molecule has 1 aliphatic carbocycles. The fourth-order valence-electron chi connectivity index (χ4n) is 6.29. The average Bonchev–Trinajstić information content (AvgIpc) is 3.41. The Hall–Kier alpha value is -2.96. The van der Waals surface area contributed by atoms with Gasteiger partial charge in [0.1, 0.15) is 0 Å². The van der Waals surface area contributed by atoms with Gasteiger partial charge >= 0.3 is 0 Å². The monoisotopic (exact) mass is 527 g/mol. The van der Waals surface area contributed by atoms with Crippen LogP contribution in [0.5, 0.6) is 0 Å². The van der Waals surface area contributed by atoms with Gasteiger partial charge in [-0.25, -0.2) is 0 Å². The van der Waals surface area contributed by atoms with E-state index in [1.54, 1.807) is 0 Å². The van der Waals surface area contributed by atoms with Gasteiger partial charge in [-0.15, -0.1) is 11.3 Å². The molecule has 0 spiro atoms. The highest BCUT2D eigenvalue weighted by Gasteiger charge is 2.56. The highest BCUT2D eigenvalue weighted by molar-refractivity contribution is 7.12. The van der Waals surface area contributed by atoms with E-state index < -0.39 is 0 Å². The molecule has 6 rings (SSSR count). The predicted octanol–water partition coefficient (Wildman–Crippen LogP) is 6.20. The second kappa shape index (κ2) is 9.97. The number of carbonyl (C=O) groups excluding carboxylic acids is 2. The molecule has 3 aliphatic rings. The molecule has 1 saturated carbocycles. The Morgan fingerprint density at radius 2 is 1.71 bits per heavy atom. The summed E-state index contributed by atoms with van der Waals surface area (Å²) < 4.78 is 0. The van der Waals surface area contributed by atoms with Gasteiger partial charge in [-0.2, -0.15) is 0 Å². The van der Waals surface area contributed by atoms with Crippen LogP contribution in [0.3, 0.4) is 0 Å². The summed E-state index contributed by atoms with van der Waals surface area (Å²) in [6, 6.07) is 21.0. The van der Waals surface area contributed by atoms with Crippen molar-refractivity contribution in [3.05, 3.63) is 82.0 Å². The second-order valence-electron chi connectivity index (χ2n) is 12.2. The number of hydrogen-bond donors (Lipinski definition) is 0. The lowest BCUT2D eigenvalue weighted by Gasteiger charge is -2.26. The van der Waals surface area contributed by atoms with Crippen molar-refractivity contribution in [2.45, 2.75) is 45.6 Å². The van der Waals surface area contributed by atoms with Gasteiger partial charge in [0.25, 0.3) is 5.91 Å². The van der Waals surface area contributed by atoms with E-state index in [0.29, 0.717) is 24.2 Å². The molecule has 0 N–H and O–H groups in total.